The molecule has 1 aliphatic rings. The molecule has 1 amide bonds. The fourth-order valence-electron chi connectivity index (χ4n) is 3.14. The number of hydrogen-bond acceptors (Lipinski definition) is 5. The van der Waals surface area contributed by atoms with Crippen molar-refractivity contribution in [3.8, 4) is 0 Å². The highest BCUT2D eigenvalue weighted by Crippen LogP contribution is 2.16. The Morgan fingerprint density at radius 2 is 2.23 bits per heavy atom. The largest absolute Gasteiger partial charge is 0.480 e. The molecular formula is C18H23N3O4S. The summed E-state index contributed by atoms with van der Waals surface area (Å²) in [6.45, 7) is 2.59. The maximum atomic E-state index is 13.0. The third kappa shape index (κ3) is 4.72. The zero-order valence-electron chi connectivity index (χ0n) is 14.7. The van der Waals surface area contributed by atoms with E-state index in [0.29, 0.717) is 38.5 Å². The Morgan fingerprint density at radius 3 is 2.96 bits per heavy atom. The van der Waals surface area contributed by atoms with Gasteiger partial charge in [-0.05, 0) is 30.6 Å². The van der Waals surface area contributed by atoms with Gasteiger partial charge in [-0.25, -0.2) is 0 Å². The molecule has 1 atom stereocenters. The van der Waals surface area contributed by atoms with Gasteiger partial charge in [-0.2, -0.15) is 0 Å². The lowest BCUT2D eigenvalue weighted by Gasteiger charge is -2.34. The number of rotatable bonds is 7. The van der Waals surface area contributed by atoms with Gasteiger partial charge in [0.25, 0.3) is 5.91 Å². The van der Waals surface area contributed by atoms with Crippen LogP contribution < -0.4 is 0 Å². The highest BCUT2D eigenvalue weighted by atomic mass is 32.1. The average molecular weight is 377 g/mol. The van der Waals surface area contributed by atoms with Crippen molar-refractivity contribution in [3.63, 3.8) is 0 Å². The Bertz CT molecular complexity index is 743. The summed E-state index contributed by atoms with van der Waals surface area (Å²) in [4.78, 5) is 28.5. The minimum Gasteiger partial charge on any atom is -0.480 e. The van der Waals surface area contributed by atoms with Crippen molar-refractivity contribution in [2.24, 2.45) is 0 Å². The first kappa shape index (κ1) is 18.6. The van der Waals surface area contributed by atoms with Crippen LogP contribution in [-0.2, 0) is 16.1 Å². The van der Waals surface area contributed by atoms with E-state index in [1.165, 1.54) is 4.88 Å². The summed E-state index contributed by atoms with van der Waals surface area (Å²) in [5, 5.41) is 10.9. The molecule has 0 saturated carbocycles. The lowest BCUT2D eigenvalue weighted by atomic mass is 10.2. The van der Waals surface area contributed by atoms with Crippen molar-refractivity contribution in [2.45, 2.75) is 12.6 Å². The predicted molar refractivity (Wildman–Crippen MR) is 98.6 cm³/mol. The van der Waals surface area contributed by atoms with Crippen LogP contribution in [0.1, 0.15) is 15.4 Å². The summed E-state index contributed by atoms with van der Waals surface area (Å²) in [7, 11) is 1.74. The molecule has 0 aromatic carbocycles. The van der Waals surface area contributed by atoms with E-state index in [-0.39, 0.29) is 18.6 Å². The van der Waals surface area contributed by atoms with Crippen LogP contribution in [0.3, 0.4) is 0 Å². The Labute approximate surface area is 156 Å². The minimum atomic E-state index is -0.873. The van der Waals surface area contributed by atoms with Crippen LogP contribution in [0, 0.1) is 0 Å². The Morgan fingerprint density at radius 1 is 1.38 bits per heavy atom. The molecule has 0 radical (unpaired) electrons. The molecule has 7 nitrogen and oxygen atoms in total. The van der Waals surface area contributed by atoms with Gasteiger partial charge in [0, 0.05) is 30.7 Å². The van der Waals surface area contributed by atoms with Gasteiger partial charge < -0.3 is 19.3 Å². The van der Waals surface area contributed by atoms with E-state index in [9.17, 15) is 9.59 Å². The molecule has 140 valence electrons. The van der Waals surface area contributed by atoms with Crippen molar-refractivity contribution in [1.29, 1.82) is 0 Å². The zero-order valence-corrected chi connectivity index (χ0v) is 15.5. The third-order valence-electron chi connectivity index (χ3n) is 4.30. The second kappa shape index (κ2) is 8.48. The molecule has 3 rings (SSSR count). The monoisotopic (exact) mass is 377 g/mol. The number of carboxylic acid groups (broad SMARTS) is 1. The number of carboxylic acids is 1. The number of nitrogens with zero attached hydrogens (tertiary/aromatic N) is 3. The van der Waals surface area contributed by atoms with Crippen molar-refractivity contribution >= 4 is 23.2 Å². The van der Waals surface area contributed by atoms with E-state index < -0.39 is 5.97 Å². The van der Waals surface area contributed by atoms with Gasteiger partial charge in [-0.15, -0.1) is 11.3 Å². The summed E-state index contributed by atoms with van der Waals surface area (Å²) in [5.41, 5.74) is 0.665. The summed E-state index contributed by atoms with van der Waals surface area (Å²) in [6.07, 6.45) is 1.74. The number of carbonyl (C=O) groups excluding carboxylic acids is 1. The summed E-state index contributed by atoms with van der Waals surface area (Å²) < 4.78 is 7.68. The molecule has 1 N–H and O–H groups in total. The fraction of sp³-hybridized carbons (Fsp3) is 0.444. The molecule has 1 saturated heterocycles. The predicted octanol–water partition coefficient (Wildman–Crippen LogP) is 1.46. The van der Waals surface area contributed by atoms with Crippen molar-refractivity contribution < 1.29 is 19.4 Å². The number of morpholine rings is 1. The minimum absolute atomic E-state index is 0.0132. The average Bonchev–Trinajstić information content (AvgIpc) is 3.26. The van der Waals surface area contributed by atoms with E-state index >= 15 is 0 Å². The molecule has 0 aliphatic carbocycles. The van der Waals surface area contributed by atoms with Gasteiger partial charge in [0.1, 0.15) is 5.69 Å². The van der Waals surface area contributed by atoms with Crippen LogP contribution in [0.15, 0.2) is 35.8 Å². The standard InChI is InChI=1S/C18H23N3O4S/c1-19(13-17(22)23)10-14-11-21(7-8-25-14)18(24)16-5-2-6-20(16)12-15-4-3-9-26-15/h2-6,9,14H,7-8,10-13H2,1H3,(H,22,23). The van der Waals surface area contributed by atoms with E-state index in [0.717, 1.165) is 0 Å². The van der Waals surface area contributed by atoms with Crippen molar-refractivity contribution in [1.82, 2.24) is 14.4 Å². The lowest BCUT2D eigenvalue weighted by molar-refractivity contribution is -0.138. The highest BCUT2D eigenvalue weighted by molar-refractivity contribution is 7.09. The smallest absolute Gasteiger partial charge is 0.317 e. The number of aliphatic carboxylic acids is 1. The van der Waals surface area contributed by atoms with Crippen LogP contribution in [0.5, 0.6) is 0 Å². The summed E-state index contributed by atoms with van der Waals surface area (Å²) in [6, 6.07) is 7.80. The van der Waals surface area contributed by atoms with Crippen LogP contribution >= 0.6 is 11.3 Å². The van der Waals surface area contributed by atoms with Gasteiger partial charge >= 0.3 is 5.97 Å². The van der Waals surface area contributed by atoms with E-state index in [1.807, 2.05) is 34.3 Å². The molecule has 3 heterocycles. The van der Waals surface area contributed by atoms with Gasteiger partial charge in [0.15, 0.2) is 0 Å². The first-order chi connectivity index (χ1) is 12.5. The van der Waals surface area contributed by atoms with Crippen molar-refractivity contribution in [3.05, 3.63) is 46.4 Å². The SMILES string of the molecule is CN(CC(=O)O)CC1CN(C(=O)c2cccn2Cc2cccs2)CCO1. The van der Waals surface area contributed by atoms with Crippen LogP contribution in [-0.4, -0.2) is 77.3 Å². The number of amides is 1. The molecule has 1 unspecified atom stereocenters. The highest BCUT2D eigenvalue weighted by Gasteiger charge is 2.27. The summed E-state index contributed by atoms with van der Waals surface area (Å²) >= 11 is 1.67. The number of thiophene rings is 1. The summed E-state index contributed by atoms with van der Waals surface area (Å²) in [5.74, 6) is -0.886. The number of aromatic nitrogens is 1. The lowest BCUT2D eigenvalue weighted by Crippen LogP contribution is -2.50. The van der Waals surface area contributed by atoms with Gasteiger partial charge in [-0.1, -0.05) is 6.07 Å². The number of likely N-dealkylation sites (N-methyl/N-ethyl adjacent to an activating group) is 1. The Kier molecular flexibility index (Phi) is 6.08. The maximum Gasteiger partial charge on any atom is 0.317 e. The first-order valence-corrected chi connectivity index (χ1v) is 9.39. The zero-order chi connectivity index (χ0) is 18.5. The fourth-order valence-corrected chi connectivity index (χ4v) is 3.84. The quantitative estimate of drug-likeness (QED) is 0.791. The van der Waals surface area contributed by atoms with Crippen LogP contribution in [0.2, 0.25) is 0 Å². The number of ether oxygens (including phenoxy) is 1. The van der Waals surface area contributed by atoms with E-state index in [4.69, 9.17) is 9.84 Å². The molecular weight excluding hydrogens is 354 g/mol. The first-order valence-electron chi connectivity index (χ1n) is 8.51. The van der Waals surface area contributed by atoms with E-state index in [1.54, 1.807) is 28.2 Å². The Balaban J connectivity index is 1.63. The molecule has 2 aromatic rings. The second-order valence-corrected chi connectivity index (χ2v) is 7.47. The van der Waals surface area contributed by atoms with Gasteiger partial charge in [0.2, 0.25) is 0 Å². The topological polar surface area (TPSA) is 75.0 Å². The van der Waals surface area contributed by atoms with Gasteiger partial charge in [0.05, 0.1) is 25.8 Å². The maximum absolute atomic E-state index is 13.0. The van der Waals surface area contributed by atoms with E-state index in [2.05, 4.69) is 6.07 Å². The van der Waals surface area contributed by atoms with Gasteiger partial charge in [-0.3, -0.25) is 14.5 Å². The molecule has 1 fully saturated rings. The third-order valence-corrected chi connectivity index (χ3v) is 5.16. The van der Waals surface area contributed by atoms with Crippen LogP contribution in [0.4, 0.5) is 0 Å². The molecule has 1 aliphatic heterocycles. The number of hydrogen-bond donors (Lipinski definition) is 1. The van der Waals surface area contributed by atoms with Crippen LogP contribution in [0.25, 0.3) is 0 Å². The molecule has 0 bridgehead atoms. The number of carbonyl (C=O) groups is 2. The Hall–Kier alpha value is -2.16. The molecule has 8 heteroatoms. The normalized spacial score (nSPS) is 17.6. The van der Waals surface area contributed by atoms with Crippen molar-refractivity contribution in [2.75, 3.05) is 39.8 Å². The molecule has 0 spiro atoms. The second-order valence-electron chi connectivity index (χ2n) is 6.44. The molecule has 2 aromatic heterocycles. The molecule has 26 heavy (non-hydrogen) atoms.